The van der Waals surface area contributed by atoms with Gasteiger partial charge in [-0.25, -0.2) is 4.79 Å². The van der Waals surface area contributed by atoms with Crippen molar-refractivity contribution in [2.45, 2.75) is 37.8 Å². The van der Waals surface area contributed by atoms with Crippen molar-refractivity contribution in [1.29, 1.82) is 0 Å². The van der Waals surface area contributed by atoms with Crippen molar-refractivity contribution < 1.29 is 32.6 Å². The standard InChI is InChI=1S/C36H35F3N2O4/c1-45-34-24(7-6-12-32(34)36(37,38)39)16-18-40-19-17-25-21-23(13-14-26(25)35(43)44)15-20-41-33(42)22-31-29-10-4-2-8-27(29)28-9-3-5-11-30(28)31/h2-14,21,31,40H,15-20,22H2,1H3,(H,41,42)(H,43,44). The van der Waals surface area contributed by atoms with Crippen LogP contribution in [0.15, 0.2) is 84.9 Å². The van der Waals surface area contributed by atoms with Crippen molar-refractivity contribution in [3.8, 4) is 16.9 Å². The Balaban J connectivity index is 1.14. The van der Waals surface area contributed by atoms with Gasteiger partial charge in [-0.3, -0.25) is 4.79 Å². The molecule has 4 aromatic carbocycles. The highest BCUT2D eigenvalue weighted by molar-refractivity contribution is 5.89. The Labute approximate surface area is 260 Å². The number of rotatable bonds is 13. The molecule has 4 aromatic rings. The minimum atomic E-state index is -4.51. The average Bonchev–Trinajstić information content (AvgIpc) is 3.33. The third-order valence-electron chi connectivity index (χ3n) is 8.24. The number of hydrogen-bond donors (Lipinski definition) is 3. The number of benzene rings is 4. The first kappa shape index (κ1) is 31.8. The maximum atomic E-state index is 13.3. The van der Waals surface area contributed by atoms with Crippen LogP contribution in [0.5, 0.6) is 5.75 Å². The molecule has 0 radical (unpaired) electrons. The minimum Gasteiger partial charge on any atom is -0.496 e. The van der Waals surface area contributed by atoms with Gasteiger partial charge in [-0.15, -0.1) is 0 Å². The topological polar surface area (TPSA) is 87.7 Å². The molecule has 0 bridgehead atoms. The maximum absolute atomic E-state index is 13.3. The molecule has 0 atom stereocenters. The van der Waals surface area contributed by atoms with Crippen molar-refractivity contribution >= 4 is 11.9 Å². The second kappa shape index (κ2) is 14.0. The summed E-state index contributed by atoms with van der Waals surface area (Å²) in [6.07, 6.45) is -2.89. The number of alkyl halides is 3. The van der Waals surface area contributed by atoms with E-state index < -0.39 is 17.7 Å². The Bertz CT molecular complexity index is 1640. The molecule has 5 rings (SSSR count). The van der Waals surface area contributed by atoms with Gasteiger partial charge in [-0.05, 0) is 83.4 Å². The monoisotopic (exact) mass is 616 g/mol. The number of carbonyl (C=O) groups excluding carboxylic acids is 1. The molecule has 45 heavy (non-hydrogen) atoms. The number of fused-ring (bicyclic) bond motifs is 3. The first-order valence-electron chi connectivity index (χ1n) is 14.9. The summed E-state index contributed by atoms with van der Waals surface area (Å²) in [5.74, 6) is -1.26. The normalized spacial score (nSPS) is 12.4. The van der Waals surface area contributed by atoms with Crippen LogP contribution in [0.25, 0.3) is 11.1 Å². The van der Waals surface area contributed by atoms with Gasteiger partial charge < -0.3 is 20.5 Å². The lowest BCUT2D eigenvalue weighted by Gasteiger charge is -2.16. The lowest BCUT2D eigenvalue weighted by molar-refractivity contribution is -0.138. The molecule has 1 aliphatic carbocycles. The molecule has 0 spiro atoms. The first-order valence-corrected chi connectivity index (χ1v) is 14.9. The van der Waals surface area contributed by atoms with Gasteiger partial charge in [0.1, 0.15) is 5.75 Å². The van der Waals surface area contributed by atoms with E-state index in [9.17, 15) is 27.9 Å². The molecule has 1 amide bonds. The van der Waals surface area contributed by atoms with E-state index in [2.05, 4.69) is 34.9 Å². The number of carboxylic acid groups (broad SMARTS) is 1. The average molecular weight is 617 g/mol. The number of carbonyl (C=O) groups is 2. The quantitative estimate of drug-likeness (QED) is 0.147. The van der Waals surface area contributed by atoms with Crippen LogP contribution in [-0.2, 0) is 30.2 Å². The van der Waals surface area contributed by atoms with E-state index in [0.717, 1.165) is 22.8 Å². The molecule has 0 aromatic heterocycles. The molecular weight excluding hydrogens is 581 g/mol. The molecule has 234 valence electrons. The second-order valence-electron chi connectivity index (χ2n) is 11.1. The molecule has 9 heteroatoms. The summed E-state index contributed by atoms with van der Waals surface area (Å²) in [6, 6.07) is 25.5. The molecule has 0 fully saturated rings. The zero-order valence-electron chi connectivity index (χ0n) is 24.9. The number of para-hydroxylation sites is 1. The molecule has 6 nitrogen and oxygen atoms in total. The summed E-state index contributed by atoms with van der Waals surface area (Å²) in [5, 5.41) is 15.9. The molecule has 0 saturated carbocycles. The van der Waals surface area contributed by atoms with Gasteiger partial charge in [0, 0.05) is 18.9 Å². The van der Waals surface area contributed by atoms with Gasteiger partial charge in [0.05, 0.1) is 18.2 Å². The Hall–Kier alpha value is -4.63. The highest BCUT2D eigenvalue weighted by Crippen LogP contribution is 2.46. The van der Waals surface area contributed by atoms with Gasteiger partial charge in [0.15, 0.2) is 0 Å². The number of aromatic carboxylic acids is 1. The van der Waals surface area contributed by atoms with Gasteiger partial charge >= 0.3 is 12.1 Å². The Morgan fingerprint density at radius 2 is 1.44 bits per heavy atom. The van der Waals surface area contributed by atoms with Crippen LogP contribution in [0.3, 0.4) is 0 Å². The Kier molecular flexibility index (Phi) is 9.88. The summed E-state index contributed by atoms with van der Waals surface area (Å²) in [4.78, 5) is 24.8. The summed E-state index contributed by atoms with van der Waals surface area (Å²) in [6.45, 7) is 1.24. The number of ether oxygens (including phenoxy) is 1. The van der Waals surface area contributed by atoms with Crippen LogP contribution in [0.1, 0.15) is 56.1 Å². The number of nitrogens with one attached hydrogen (secondary N) is 2. The van der Waals surface area contributed by atoms with E-state index in [1.165, 1.54) is 24.3 Å². The Morgan fingerprint density at radius 1 is 0.800 bits per heavy atom. The smallest absolute Gasteiger partial charge is 0.419 e. The molecule has 3 N–H and O–H groups in total. The fourth-order valence-electron chi connectivity index (χ4n) is 6.12. The molecule has 0 heterocycles. The summed E-state index contributed by atoms with van der Waals surface area (Å²) >= 11 is 0. The zero-order valence-corrected chi connectivity index (χ0v) is 24.9. The fraction of sp³-hybridized carbons (Fsp3) is 0.278. The SMILES string of the molecule is COc1c(CCNCCc2cc(CCNC(=O)CC3c4ccccc4-c4ccccc43)ccc2C(=O)O)cccc1C(F)(F)F. The van der Waals surface area contributed by atoms with Crippen molar-refractivity contribution in [1.82, 2.24) is 10.6 Å². The number of carboxylic acids is 1. The number of methoxy groups -OCH3 is 1. The van der Waals surface area contributed by atoms with Gasteiger partial charge in [0.25, 0.3) is 0 Å². The summed E-state index contributed by atoms with van der Waals surface area (Å²) in [5.41, 5.74) is 6.03. The second-order valence-corrected chi connectivity index (χ2v) is 11.1. The number of amides is 1. The minimum absolute atomic E-state index is 0.000945. The third-order valence-corrected chi connectivity index (χ3v) is 8.24. The first-order chi connectivity index (χ1) is 21.7. The summed E-state index contributed by atoms with van der Waals surface area (Å²) < 4.78 is 45.0. The largest absolute Gasteiger partial charge is 0.496 e. The molecule has 0 aliphatic heterocycles. The van der Waals surface area contributed by atoms with E-state index in [4.69, 9.17) is 4.74 Å². The van der Waals surface area contributed by atoms with Crippen molar-refractivity contribution in [2.24, 2.45) is 0 Å². The maximum Gasteiger partial charge on any atom is 0.419 e. The van der Waals surface area contributed by atoms with Crippen LogP contribution in [0.2, 0.25) is 0 Å². The van der Waals surface area contributed by atoms with Crippen molar-refractivity contribution in [3.05, 3.63) is 124 Å². The lowest BCUT2D eigenvalue weighted by Crippen LogP contribution is -2.27. The molecule has 1 aliphatic rings. The van der Waals surface area contributed by atoms with Crippen LogP contribution >= 0.6 is 0 Å². The van der Waals surface area contributed by atoms with E-state index in [0.29, 0.717) is 56.4 Å². The van der Waals surface area contributed by atoms with E-state index >= 15 is 0 Å². The third kappa shape index (κ3) is 7.37. The van der Waals surface area contributed by atoms with Crippen LogP contribution < -0.4 is 15.4 Å². The van der Waals surface area contributed by atoms with Gasteiger partial charge in [0.2, 0.25) is 5.91 Å². The van der Waals surface area contributed by atoms with Crippen LogP contribution in [0.4, 0.5) is 13.2 Å². The van der Waals surface area contributed by atoms with Crippen LogP contribution in [0, 0.1) is 0 Å². The van der Waals surface area contributed by atoms with E-state index in [1.807, 2.05) is 30.3 Å². The van der Waals surface area contributed by atoms with Crippen molar-refractivity contribution in [2.75, 3.05) is 26.7 Å². The molecular formula is C36H35F3N2O4. The molecule has 0 unspecified atom stereocenters. The number of hydrogen-bond acceptors (Lipinski definition) is 4. The van der Waals surface area contributed by atoms with E-state index in [1.54, 1.807) is 18.2 Å². The highest BCUT2D eigenvalue weighted by atomic mass is 19.4. The number of halogens is 3. The lowest BCUT2D eigenvalue weighted by atomic mass is 9.93. The van der Waals surface area contributed by atoms with Crippen molar-refractivity contribution in [3.63, 3.8) is 0 Å². The van der Waals surface area contributed by atoms with Crippen LogP contribution in [-0.4, -0.2) is 43.7 Å². The predicted molar refractivity (Wildman–Crippen MR) is 167 cm³/mol. The summed E-state index contributed by atoms with van der Waals surface area (Å²) in [7, 11) is 1.22. The van der Waals surface area contributed by atoms with Gasteiger partial charge in [-0.2, -0.15) is 13.2 Å². The fourth-order valence-corrected chi connectivity index (χ4v) is 6.12. The molecule has 0 saturated heterocycles. The highest BCUT2D eigenvalue weighted by Gasteiger charge is 2.35. The zero-order chi connectivity index (χ0) is 32.0. The van der Waals surface area contributed by atoms with E-state index in [-0.39, 0.29) is 23.1 Å². The Morgan fingerprint density at radius 3 is 2.07 bits per heavy atom. The predicted octanol–water partition coefficient (Wildman–Crippen LogP) is 6.65. The van der Waals surface area contributed by atoms with Gasteiger partial charge in [-0.1, -0.05) is 72.8 Å².